The SMILES string of the molecule is COc1ccc2c(-c3ccc(F)cc3)cc(C(=O)O)cc2c1. The summed E-state index contributed by atoms with van der Waals surface area (Å²) in [6.07, 6.45) is 0. The molecule has 0 amide bonds. The normalized spacial score (nSPS) is 10.6. The molecule has 3 rings (SSSR count). The van der Waals surface area contributed by atoms with Crippen LogP contribution in [0.1, 0.15) is 10.4 Å². The van der Waals surface area contributed by atoms with Crippen LogP contribution in [-0.4, -0.2) is 18.2 Å². The largest absolute Gasteiger partial charge is 0.497 e. The number of fused-ring (bicyclic) bond motifs is 1. The zero-order valence-electron chi connectivity index (χ0n) is 11.8. The fourth-order valence-electron chi connectivity index (χ4n) is 2.47. The van der Waals surface area contributed by atoms with Crippen LogP contribution in [0, 0.1) is 5.82 Å². The third kappa shape index (κ3) is 2.51. The average molecular weight is 296 g/mol. The molecule has 0 aliphatic carbocycles. The molecule has 0 fully saturated rings. The molecular formula is C18H13FO3. The third-order valence-corrected chi connectivity index (χ3v) is 3.56. The number of hydrogen-bond acceptors (Lipinski definition) is 2. The van der Waals surface area contributed by atoms with E-state index in [4.69, 9.17) is 4.74 Å². The minimum absolute atomic E-state index is 0.181. The van der Waals surface area contributed by atoms with Crippen LogP contribution in [0.25, 0.3) is 21.9 Å². The Morgan fingerprint density at radius 1 is 1.05 bits per heavy atom. The van der Waals surface area contributed by atoms with E-state index in [9.17, 15) is 14.3 Å². The molecule has 3 aromatic rings. The lowest BCUT2D eigenvalue weighted by Gasteiger charge is -2.10. The van der Waals surface area contributed by atoms with Gasteiger partial charge in [0.15, 0.2) is 0 Å². The highest BCUT2D eigenvalue weighted by molar-refractivity contribution is 6.03. The predicted octanol–water partition coefficient (Wildman–Crippen LogP) is 4.35. The summed E-state index contributed by atoms with van der Waals surface area (Å²) >= 11 is 0. The molecule has 0 aliphatic heterocycles. The van der Waals surface area contributed by atoms with Gasteiger partial charge < -0.3 is 9.84 Å². The molecule has 1 N–H and O–H groups in total. The van der Waals surface area contributed by atoms with Gasteiger partial charge >= 0.3 is 5.97 Å². The van der Waals surface area contributed by atoms with Crippen LogP contribution >= 0.6 is 0 Å². The Bertz CT molecular complexity index is 854. The summed E-state index contributed by atoms with van der Waals surface area (Å²) in [5.41, 5.74) is 1.69. The van der Waals surface area contributed by atoms with Crippen molar-refractivity contribution < 1.29 is 19.0 Å². The molecule has 0 unspecified atom stereocenters. The Morgan fingerprint density at radius 3 is 2.41 bits per heavy atom. The highest BCUT2D eigenvalue weighted by Gasteiger charge is 2.11. The Kier molecular flexibility index (Phi) is 3.51. The van der Waals surface area contributed by atoms with Crippen LogP contribution in [0.2, 0.25) is 0 Å². The van der Waals surface area contributed by atoms with Gasteiger partial charge in [0.1, 0.15) is 11.6 Å². The summed E-state index contributed by atoms with van der Waals surface area (Å²) in [5, 5.41) is 10.9. The predicted molar refractivity (Wildman–Crippen MR) is 82.9 cm³/mol. The molecule has 0 spiro atoms. The van der Waals surface area contributed by atoms with E-state index in [1.165, 1.54) is 12.1 Å². The quantitative estimate of drug-likeness (QED) is 0.781. The number of carboxylic acid groups (broad SMARTS) is 1. The van der Waals surface area contributed by atoms with E-state index in [0.717, 1.165) is 21.9 Å². The number of carboxylic acids is 1. The van der Waals surface area contributed by atoms with Gasteiger partial charge in [0.2, 0.25) is 0 Å². The molecule has 110 valence electrons. The van der Waals surface area contributed by atoms with E-state index in [2.05, 4.69) is 0 Å². The van der Waals surface area contributed by atoms with Gasteiger partial charge in [0, 0.05) is 0 Å². The number of carbonyl (C=O) groups is 1. The van der Waals surface area contributed by atoms with Crippen LogP contribution in [-0.2, 0) is 0 Å². The van der Waals surface area contributed by atoms with Gasteiger partial charge in [0.05, 0.1) is 12.7 Å². The van der Waals surface area contributed by atoms with Gasteiger partial charge in [-0.25, -0.2) is 9.18 Å². The summed E-state index contributed by atoms with van der Waals surface area (Å²) in [6.45, 7) is 0. The van der Waals surface area contributed by atoms with E-state index >= 15 is 0 Å². The maximum Gasteiger partial charge on any atom is 0.335 e. The molecule has 0 saturated heterocycles. The standard InChI is InChI=1S/C18H13FO3/c1-22-15-6-7-16-12(9-15)8-13(18(20)21)10-17(16)11-2-4-14(19)5-3-11/h2-10H,1H3,(H,20,21). The monoisotopic (exact) mass is 296 g/mol. The zero-order valence-corrected chi connectivity index (χ0v) is 11.8. The zero-order chi connectivity index (χ0) is 15.7. The van der Waals surface area contributed by atoms with Gasteiger partial charge in [-0.2, -0.15) is 0 Å². The second kappa shape index (κ2) is 5.48. The number of hydrogen-bond donors (Lipinski definition) is 1. The highest BCUT2D eigenvalue weighted by atomic mass is 19.1. The number of aromatic carboxylic acids is 1. The summed E-state index contributed by atoms with van der Waals surface area (Å²) in [6, 6.07) is 14.7. The van der Waals surface area contributed by atoms with Crippen molar-refractivity contribution in [3.63, 3.8) is 0 Å². The van der Waals surface area contributed by atoms with Gasteiger partial charge in [0.25, 0.3) is 0 Å². The number of halogens is 1. The van der Waals surface area contributed by atoms with Crippen LogP contribution < -0.4 is 4.74 Å². The van der Waals surface area contributed by atoms with Crippen molar-refractivity contribution in [3.05, 3.63) is 66.0 Å². The van der Waals surface area contributed by atoms with E-state index in [1.807, 2.05) is 12.1 Å². The van der Waals surface area contributed by atoms with Crippen molar-refractivity contribution in [1.82, 2.24) is 0 Å². The average Bonchev–Trinajstić information content (AvgIpc) is 2.54. The molecule has 3 nitrogen and oxygen atoms in total. The topological polar surface area (TPSA) is 46.5 Å². The number of ether oxygens (including phenoxy) is 1. The van der Waals surface area contributed by atoms with Gasteiger partial charge in [-0.15, -0.1) is 0 Å². The Balaban J connectivity index is 2.31. The first kappa shape index (κ1) is 14.1. The van der Waals surface area contributed by atoms with E-state index in [0.29, 0.717) is 5.75 Å². The van der Waals surface area contributed by atoms with Gasteiger partial charge in [-0.3, -0.25) is 0 Å². The highest BCUT2D eigenvalue weighted by Crippen LogP contribution is 2.32. The lowest BCUT2D eigenvalue weighted by Crippen LogP contribution is -1.97. The first-order valence-corrected chi connectivity index (χ1v) is 6.69. The molecule has 0 aliphatic rings. The second-order valence-corrected chi connectivity index (χ2v) is 4.92. The summed E-state index contributed by atoms with van der Waals surface area (Å²) in [4.78, 5) is 11.3. The summed E-state index contributed by atoms with van der Waals surface area (Å²) in [5.74, 6) is -0.683. The van der Waals surface area contributed by atoms with Crippen LogP contribution in [0.15, 0.2) is 54.6 Å². The molecular weight excluding hydrogens is 283 g/mol. The number of rotatable bonds is 3. The van der Waals surface area contributed by atoms with Crippen molar-refractivity contribution in [2.75, 3.05) is 7.11 Å². The van der Waals surface area contributed by atoms with Crippen molar-refractivity contribution in [2.45, 2.75) is 0 Å². The van der Waals surface area contributed by atoms with Crippen LogP contribution in [0.4, 0.5) is 4.39 Å². The fourth-order valence-corrected chi connectivity index (χ4v) is 2.47. The number of benzene rings is 3. The van der Waals surface area contributed by atoms with Gasteiger partial charge in [-0.1, -0.05) is 18.2 Å². The first-order chi connectivity index (χ1) is 10.6. The van der Waals surface area contributed by atoms with Crippen molar-refractivity contribution >= 4 is 16.7 Å². The lowest BCUT2D eigenvalue weighted by molar-refractivity contribution is 0.0697. The molecule has 4 heteroatoms. The molecule has 3 aromatic carbocycles. The van der Waals surface area contributed by atoms with Crippen LogP contribution in [0.5, 0.6) is 5.75 Å². The molecule has 0 saturated carbocycles. The fraction of sp³-hybridized carbons (Fsp3) is 0.0556. The molecule has 0 radical (unpaired) electrons. The lowest BCUT2D eigenvalue weighted by atomic mass is 9.95. The minimum Gasteiger partial charge on any atom is -0.497 e. The maximum atomic E-state index is 13.1. The third-order valence-electron chi connectivity index (χ3n) is 3.56. The van der Waals surface area contributed by atoms with E-state index < -0.39 is 5.97 Å². The first-order valence-electron chi connectivity index (χ1n) is 6.69. The molecule has 22 heavy (non-hydrogen) atoms. The Labute approximate surface area is 126 Å². The minimum atomic E-state index is -1.01. The molecule has 0 atom stereocenters. The molecule has 0 bridgehead atoms. The smallest absolute Gasteiger partial charge is 0.335 e. The van der Waals surface area contributed by atoms with E-state index in [-0.39, 0.29) is 11.4 Å². The van der Waals surface area contributed by atoms with Crippen molar-refractivity contribution in [2.24, 2.45) is 0 Å². The molecule has 0 heterocycles. The van der Waals surface area contributed by atoms with E-state index in [1.54, 1.807) is 37.4 Å². The summed E-state index contributed by atoms with van der Waals surface area (Å²) < 4.78 is 18.3. The second-order valence-electron chi connectivity index (χ2n) is 4.92. The van der Waals surface area contributed by atoms with Crippen molar-refractivity contribution in [1.29, 1.82) is 0 Å². The van der Waals surface area contributed by atoms with Crippen molar-refractivity contribution in [3.8, 4) is 16.9 Å². The Hall–Kier alpha value is -2.88. The number of methoxy groups -OCH3 is 1. The maximum absolute atomic E-state index is 13.1. The van der Waals surface area contributed by atoms with Crippen LogP contribution in [0.3, 0.4) is 0 Å². The van der Waals surface area contributed by atoms with Gasteiger partial charge in [-0.05, 0) is 58.3 Å². The summed E-state index contributed by atoms with van der Waals surface area (Å²) in [7, 11) is 1.56. The Morgan fingerprint density at radius 2 is 1.77 bits per heavy atom. The molecule has 0 aromatic heterocycles.